The zero-order valence-corrected chi connectivity index (χ0v) is 9.24. The number of hydrogen-bond donors (Lipinski definition) is 1. The number of nitrogens with one attached hydrogen (secondary N) is 1. The molecular weight excluding hydrogens is 206 g/mol. The van der Waals surface area contributed by atoms with Gasteiger partial charge in [0.1, 0.15) is 5.75 Å². The third kappa shape index (κ3) is 3.93. The number of methoxy groups -OCH3 is 2. The Morgan fingerprint density at radius 2 is 2.00 bits per heavy atom. The fourth-order valence-corrected chi connectivity index (χ4v) is 1.02. The normalized spacial score (nSPS) is 8.62. The van der Waals surface area contributed by atoms with E-state index in [1.54, 1.807) is 7.11 Å². The molecule has 0 aromatic heterocycles. The molecular formula is C12H13NO3. The van der Waals surface area contributed by atoms with Crippen LogP contribution in [0.25, 0.3) is 0 Å². The first kappa shape index (κ1) is 11.9. The zero-order chi connectivity index (χ0) is 11.8. The van der Waals surface area contributed by atoms with E-state index in [0.717, 1.165) is 11.4 Å². The molecule has 4 heteroatoms. The van der Waals surface area contributed by atoms with Crippen molar-refractivity contribution in [2.45, 2.75) is 0 Å². The lowest BCUT2D eigenvalue weighted by atomic mass is 10.3. The van der Waals surface area contributed by atoms with E-state index in [-0.39, 0.29) is 0 Å². The number of anilines is 1. The highest BCUT2D eigenvalue weighted by atomic mass is 16.5. The first-order valence-corrected chi connectivity index (χ1v) is 4.71. The minimum Gasteiger partial charge on any atom is -0.497 e. The molecule has 0 heterocycles. The molecule has 1 N–H and O–H groups in total. The van der Waals surface area contributed by atoms with Gasteiger partial charge in [0.15, 0.2) is 0 Å². The molecule has 0 fully saturated rings. The Labute approximate surface area is 94.6 Å². The molecule has 1 aromatic carbocycles. The van der Waals surface area contributed by atoms with Crippen LogP contribution < -0.4 is 10.1 Å². The van der Waals surface area contributed by atoms with Gasteiger partial charge in [-0.25, -0.2) is 4.79 Å². The first-order valence-electron chi connectivity index (χ1n) is 4.71. The van der Waals surface area contributed by atoms with E-state index in [2.05, 4.69) is 21.9 Å². The van der Waals surface area contributed by atoms with Gasteiger partial charge in [0, 0.05) is 11.6 Å². The lowest BCUT2D eigenvalue weighted by Crippen LogP contribution is -2.00. The van der Waals surface area contributed by atoms with Crippen LogP contribution in [-0.4, -0.2) is 26.7 Å². The van der Waals surface area contributed by atoms with Crippen LogP contribution in [0.1, 0.15) is 0 Å². The molecule has 0 aliphatic carbocycles. The van der Waals surface area contributed by atoms with Gasteiger partial charge < -0.3 is 14.8 Å². The Morgan fingerprint density at radius 1 is 1.31 bits per heavy atom. The van der Waals surface area contributed by atoms with Crippen LogP contribution in [0.3, 0.4) is 0 Å². The lowest BCUT2D eigenvalue weighted by molar-refractivity contribution is -0.133. The number of carbonyl (C=O) groups is 1. The maximum Gasteiger partial charge on any atom is 0.384 e. The van der Waals surface area contributed by atoms with E-state index in [4.69, 9.17) is 4.74 Å². The summed E-state index contributed by atoms with van der Waals surface area (Å²) in [5.74, 6) is 5.24. The summed E-state index contributed by atoms with van der Waals surface area (Å²) in [6, 6.07) is 7.43. The highest BCUT2D eigenvalue weighted by Crippen LogP contribution is 2.14. The van der Waals surface area contributed by atoms with Crippen molar-refractivity contribution >= 4 is 11.7 Å². The summed E-state index contributed by atoms with van der Waals surface area (Å²) in [7, 11) is 2.91. The largest absolute Gasteiger partial charge is 0.497 e. The third-order valence-corrected chi connectivity index (χ3v) is 1.85. The summed E-state index contributed by atoms with van der Waals surface area (Å²) < 4.78 is 9.40. The van der Waals surface area contributed by atoms with Crippen molar-refractivity contribution in [1.82, 2.24) is 0 Å². The monoisotopic (exact) mass is 219 g/mol. The van der Waals surface area contributed by atoms with E-state index < -0.39 is 5.97 Å². The van der Waals surface area contributed by atoms with Crippen LogP contribution in [0, 0.1) is 11.8 Å². The smallest absolute Gasteiger partial charge is 0.384 e. The fourth-order valence-electron chi connectivity index (χ4n) is 1.02. The van der Waals surface area contributed by atoms with E-state index in [0.29, 0.717) is 6.54 Å². The van der Waals surface area contributed by atoms with Gasteiger partial charge in [0.05, 0.1) is 20.8 Å². The van der Waals surface area contributed by atoms with Gasteiger partial charge in [-0.15, -0.1) is 0 Å². The molecule has 0 spiro atoms. The lowest BCUT2D eigenvalue weighted by Gasteiger charge is -2.03. The summed E-state index contributed by atoms with van der Waals surface area (Å²) in [4.78, 5) is 10.7. The molecule has 0 radical (unpaired) electrons. The number of hydrogen-bond acceptors (Lipinski definition) is 4. The number of carbonyl (C=O) groups excluding carboxylic acids is 1. The van der Waals surface area contributed by atoms with Crippen molar-refractivity contribution < 1.29 is 14.3 Å². The maximum atomic E-state index is 10.7. The number of esters is 1. The van der Waals surface area contributed by atoms with Crippen molar-refractivity contribution in [3.05, 3.63) is 24.3 Å². The molecule has 0 unspecified atom stereocenters. The average Bonchev–Trinajstić information content (AvgIpc) is 2.35. The van der Waals surface area contributed by atoms with Crippen molar-refractivity contribution in [2.24, 2.45) is 0 Å². The van der Waals surface area contributed by atoms with Crippen LogP contribution >= 0.6 is 0 Å². The van der Waals surface area contributed by atoms with Gasteiger partial charge >= 0.3 is 5.97 Å². The van der Waals surface area contributed by atoms with Crippen LogP contribution in [0.15, 0.2) is 24.3 Å². The Morgan fingerprint density at radius 3 is 2.56 bits per heavy atom. The number of rotatable bonds is 3. The summed E-state index contributed by atoms with van der Waals surface area (Å²) in [5.41, 5.74) is 0.917. The molecule has 0 aliphatic heterocycles. The average molecular weight is 219 g/mol. The van der Waals surface area contributed by atoms with E-state index >= 15 is 0 Å². The highest BCUT2D eigenvalue weighted by Gasteiger charge is 1.92. The molecule has 0 amide bonds. The van der Waals surface area contributed by atoms with Crippen LogP contribution in [-0.2, 0) is 9.53 Å². The second-order valence-electron chi connectivity index (χ2n) is 2.88. The summed E-state index contributed by atoms with van der Waals surface area (Å²) in [6.07, 6.45) is 0. The zero-order valence-electron chi connectivity index (χ0n) is 9.24. The summed E-state index contributed by atoms with van der Waals surface area (Å²) in [6.45, 7) is 0.390. The minimum atomic E-state index is -0.531. The van der Waals surface area contributed by atoms with Crippen LogP contribution in [0.4, 0.5) is 5.69 Å². The standard InChI is InChI=1S/C12H13NO3/c1-15-11-7-5-10(6-8-11)13-9-3-4-12(14)16-2/h5-8,13H,9H2,1-2H3. The molecule has 0 atom stereocenters. The highest BCUT2D eigenvalue weighted by molar-refractivity contribution is 5.88. The Kier molecular flexibility index (Phi) is 4.74. The SMILES string of the molecule is COC(=O)C#CCNc1ccc(OC)cc1. The molecule has 1 aromatic rings. The van der Waals surface area contributed by atoms with Gasteiger partial charge in [-0.2, -0.15) is 0 Å². The number of ether oxygens (including phenoxy) is 2. The van der Waals surface area contributed by atoms with Gasteiger partial charge in [0.2, 0.25) is 0 Å². The molecule has 0 saturated heterocycles. The quantitative estimate of drug-likeness (QED) is 0.472. The molecule has 1 rings (SSSR count). The number of benzene rings is 1. The Balaban J connectivity index is 2.42. The van der Waals surface area contributed by atoms with Gasteiger partial charge in [0.25, 0.3) is 0 Å². The molecule has 16 heavy (non-hydrogen) atoms. The fraction of sp³-hybridized carbons (Fsp3) is 0.250. The topological polar surface area (TPSA) is 47.6 Å². The second kappa shape index (κ2) is 6.36. The van der Waals surface area contributed by atoms with Crippen molar-refractivity contribution in [1.29, 1.82) is 0 Å². The van der Waals surface area contributed by atoms with Crippen LogP contribution in [0.2, 0.25) is 0 Å². The minimum absolute atomic E-state index is 0.390. The van der Waals surface area contributed by atoms with E-state index in [1.165, 1.54) is 7.11 Å². The molecule has 84 valence electrons. The first-order chi connectivity index (χ1) is 7.76. The van der Waals surface area contributed by atoms with Gasteiger partial charge in [-0.05, 0) is 24.3 Å². The maximum absolute atomic E-state index is 10.7. The summed E-state index contributed by atoms with van der Waals surface area (Å²) >= 11 is 0. The van der Waals surface area contributed by atoms with Crippen molar-refractivity contribution in [3.63, 3.8) is 0 Å². The third-order valence-electron chi connectivity index (χ3n) is 1.85. The van der Waals surface area contributed by atoms with Crippen molar-refractivity contribution in [2.75, 3.05) is 26.1 Å². The van der Waals surface area contributed by atoms with Crippen molar-refractivity contribution in [3.8, 4) is 17.6 Å². The predicted octanol–water partition coefficient (Wildman–Crippen LogP) is 1.28. The van der Waals surface area contributed by atoms with Gasteiger partial charge in [-0.3, -0.25) is 0 Å². The summed E-state index contributed by atoms with van der Waals surface area (Å²) in [5, 5.41) is 3.04. The molecule has 4 nitrogen and oxygen atoms in total. The van der Waals surface area contributed by atoms with E-state index in [1.807, 2.05) is 24.3 Å². The Hall–Kier alpha value is -2.15. The second-order valence-corrected chi connectivity index (χ2v) is 2.88. The molecule has 0 bridgehead atoms. The van der Waals surface area contributed by atoms with E-state index in [9.17, 15) is 4.79 Å². The predicted molar refractivity (Wildman–Crippen MR) is 61.3 cm³/mol. The molecule has 0 aliphatic rings. The Bertz CT molecular complexity index is 401. The molecule has 0 saturated carbocycles. The van der Waals surface area contributed by atoms with Crippen LogP contribution in [0.5, 0.6) is 5.75 Å². The van der Waals surface area contributed by atoms with Gasteiger partial charge in [-0.1, -0.05) is 5.92 Å².